The van der Waals surface area contributed by atoms with Crippen LogP contribution in [0.25, 0.3) is 5.57 Å². The molecule has 0 aliphatic heterocycles. The zero-order valence-electron chi connectivity index (χ0n) is 9.93. The average Bonchev–Trinajstić information content (AvgIpc) is 2.73. The van der Waals surface area contributed by atoms with E-state index in [4.69, 9.17) is 16.3 Å². The van der Waals surface area contributed by atoms with Crippen molar-refractivity contribution in [2.45, 2.75) is 13.5 Å². The van der Waals surface area contributed by atoms with Crippen LogP contribution in [-0.2, 0) is 6.61 Å². The number of hydrogen-bond donors (Lipinski definition) is 1. The summed E-state index contributed by atoms with van der Waals surface area (Å²) in [6, 6.07) is 7.45. The second-order valence-corrected chi connectivity index (χ2v) is 4.73. The Hall–Kier alpha value is -1.39. The van der Waals surface area contributed by atoms with Crippen LogP contribution < -0.4 is 4.74 Å². The zero-order chi connectivity index (χ0) is 13.1. The molecule has 1 aromatic carbocycles. The monoisotopic (exact) mass is 280 g/mol. The van der Waals surface area contributed by atoms with Crippen LogP contribution in [0.15, 0.2) is 37.0 Å². The van der Waals surface area contributed by atoms with Crippen molar-refractivity contribution in [1.82, 2.24) is 9.19 Å². The van der Waals surface area contributed by atoms with Crippen LogP contribution in [0.4, 0.5) is 0 Å². The van der Waals surface area contributed by atoms with Crippen LogP contribution in [0.2, 0.25) is 5.02 Å². The summed E-state index contributed by atoms with van der Waals surface area (Å²) >= 11 is 10.2. The molecule has 0 amide bonds. The number of rotatable bonds is 4. The van der Waals surface area contributed by atoms with Gasteiger partial charge in [0.25, 0.3) is 0 Å². The Kier molecular flexibility index (Phi) is 3.99. The van der Waals surface area contributed by atoms with Crippen LogP contribution in [0.1, 0.15) is 18.1 Å². The number of allylic oxidation sites excluding steroid dienone is 1. The van der Waals surface area contributed by atoms with E-state index in [9.17, 15) is 0 Å². The average molecular weight is 281 g/mol. The summed E-state index contributed by atoms with van der Waals surface area (Å²) in [5, 5.41) is 4.69. The van der Waals surface area contributed by atoms with E-state index in [1.807, 2.05) is 25.1 Å². The zero-order valence-corrected chi connectivity index (χ0v) is 11.6. The van der Waals surface area contributed by atoms with Gasteiger partial charge in [-0.3, -0.25) is 0 Å². The smallest absolute Gasteiger partial charge is 0.234 e. The van der Waals surface area contributed by atoms with E-state index in [1.165, 1.54) is 4.09 Å². The minimum Gasteiger partial charge on any atom is -0.472 e. The fourth-order valence-corrected chi connectivity index (χ4v) is 2.01. The largest absolute Gasteiger partial charge is 0.472 e. The van der Waals surface area contributed by atoms with Gasteiger partial charge in [-0.25, -0.2) is 4.09 Å². The van der Waals surface area contributed by atoms with Crippen molar-refractivity contribution < 1.29 is 4.74 Å². The van der Waals surface area contributed by atoms with Crippen LogP contribution in [0.3, 0.4) is 0 Å². The van der Waals surface area contributed by atoms with Gasteiger partial charge in [-0.1, -0.05) is 35.9 Å². The van der Waals surface area contributed by atoms with Crippen LogP contribution >= 0.6 is 24.4 Å². The highest BCUT2D eigenvalue weighted by Crippen LogP contribution is 2.26. The minimum atomic E-state index is 0.354. The summed E-state index contributed by atoms with van der Waals surface area (Å²) in [6.07, 6.45) is 1.70. The second kappa shape index (κ2) is 5.50. The van der Waals surface area contributed by atoms with Gasteiger partial charge in [-0.15, -0.1) is 5.10 Å². The number of hydrogen-bond acceptors (Lipinski definition) is 3. The standard InChI is InChI=1S/C13H13ClN2OS/c1-9(2)10-4-3-5-12(14)11(10)8-17-13-6-7-16(18)15-13/h3-7,18H,1,8H2,2H3. The first-order valence-corrected chi connectivity index (χ1v) is 6.16. The Morgan fingerprint density at radius 2 is 2.28 bits per heavy atom. The minimum absolute atomic E-state index is 0.354. The molecule has 0 unspecified atom stereocenters. The summed E-state index contributed by atoms with van der Waals surface area (Å²) in [5.41, 5.74) is 2.88. The highest BCUT2D eigenvalue weighted by atomic mass is 35.5. The molecule has 2 aromatic rings. The quantitative estimate of drug-likeness (QED) is 0.862. The molecule has 1 heterocycles. The van der Waals surface area contributed by atoms with Gasteiger partial charge < -0.3 is 4.74 Å². The van der Waals surface area contributed by atoms with E-state index in [2.05, 4.69) is 24.5 Å². The highest BCUT2D eigenvalue weighted by molar-refractivity contribution is 7.78. The molecular weight excluding hydrogens is 268 g/mol. The third-order valence-corrected chi connectivity index (χ3v) is 3.07. The maximum Gasteiger partial charge on any atom is 0.234 e. The summed E-state index contributed by atoms with van der Waals surface area (Å²) in [4.78, 5) is 0. The van der Waals surface area contributed by atoms with Gasteiger partial charge in [0.15, 0.2) is 0 Å². The lowest BCUT2D eigenvalue weighted by Crippen LogP contribution is -2.00. The lowest BCUT2D eigenvalue weighted by molar-refractivity contribution is 0.292. The Labute approximate surface area is 117 Å². The number of ether oxygens (including phenoxy) is 1. The molecule has 0 fully saturated rings. The molecule has 0 aliphatic rings. The van der Waals surface area contributed by atoms with Crippen molar-refractivity contribution in [3.8, 4) is 5.88 Å². The normalized spacial score (nSPS) is 10.4. The molecule has 0 saturated carbocycles. The second-order valence-electron chi connectivity index (χ2n) is 3.91. The van der Waals surface area contributed by atoms with E-state index in [0.29, 0.717) is 17.5 Å². The molecule has 0 N–H and O–H groups in total. The molecule has 0 bridgehead atoms. The number of nitrogens with zero attached hydrogens (tertiary/aromatic N) is 2. The Balaban J connectivity index is 2.20. The molecule has 3 nitrogen and oxygen atoms in total. The van der Waals surface area contributed by atoms with Gasteiger partial charge in [0.1, 0.15) is 6.61 Å². The van der Waals surface area contributed by atoms with Crippen LogP contribution in [0.5, 0.6) is 5.88 Å². The molecule has 2 rings (SSSR count). The molecule has 1 aromatic heterocycles. The first kappa shape index (κ1) is 13.1. The van der Waals surface area contributed by atoms with Crippen molar-refractivity contribution in [3.63, 3.8) is 0 Å². The fourth-order valence-electron chi connectivity index (χ4n) is 1.63. The van der Waals surface area contributed by atoms with Crippen LogP contribution in [-0.4, -0.2) is 9.19 Å². The number of aromatic nitrogens is 2. The number of benzene rings is 1. The molecule has 0 aliphatic carbocycles. The molecule has 18 heavy (non-hydrogen) atoms. The van der Waals surface area contributed by atoms with Gasteiger partial charge in [-0.05, 0) is 31.4 Å². The molecular formula is C13H13ClN2OS. The predicted octanol–water partition coefficient (Wildman–Crippen LogP) is 3.84. The third-order valence-electron chi connectivity index (χ3n) is 2.49. The van der Waals surface area contributed by atoms with E-state index < -0.39 is 0 Å². The van der Waals surface area contributed by atoms with E-state index in [-0.39, 0.29) is 0 Å². The van der Waals surface area contributed by atoms with Crippen molar-refractivity contribution in [1.29, 1.82) is 0 Å². The van der Waals surface area contributed by atoms with Gasteiger partial charge >= 0.3 is 0 Å². The summed E-state index contributed by atoms with van der Waals surface area (Å²) in [6.45, 7) is 6.24. The predicted molar refractivity (Wildman–Crippen MR) is 77.1 cm³/mol. The molecule has 0 radical (unpaired) electrons. The van der Waals surface area contributed by atoms with Gasteiger partial charge in [0.05, 0.1) is 0 Å². The highest BCUT2D eigenvalue weighted by Gasteiger charge is 2.09. The number of thiol groups is 1. The summed E-state index contributed by atoms with van der Waals surface area (Å²) in [7, 11) is 0. The molecule has 0 saturated heterocycles. The van der Waals surface area contributed by atoms with Gasteiger partial charge in [0.2, 0.25) is 5.88 Å². The SMILES string of the molecule is C=C(C)c1cccc(Cl)c1COc1ccn(S)n1. The van der Waals surface area contributed by atoms with E-state index in [1.54, 1.807) is 12.3 Å². The molecule has 0 spiro atoms. The Morgan fingerprint density at radius 3 is 2.89 bits per heavy atom. The van der Waals surface area contributed by atoms with Crippen molar-refractivity contribution in [2.24, 2.45) is 0 Å². The maximum atomic E-state index is 6.18. The van der Waals surface area contributed by atoms with Gasteiger partial charge in [0, 0.05) is 22.8 Å². The van der Waals surface area contributed by atoms with E-state index >= 15 is 0 Å². The fraction of sp³-hybridized carbons (Fsp3) is 0.154. The first-order chi connectivity index (χ1) is 8.58. The van der Waals surface area contributed by atoms with Crippen molar-refractivity contribution in [2.75, 3.05) is 0 Å². The molecule has 94 valence electrons. The molecule has 5 heteroatoms. The lowest BCUT2D eigenvalue weighted by atomic mass is 10.0. The summed E-state index contributed by atoms with van der Waals surface area (Å²) < 4.78 is 6.97. The van der Waals surface area contributed by atoms with E-state index in [0.717, 1.165) is 16.7 Å². The van der Waals surface area contributed by atoms with Crippen molar-refractivity contribution >= 4 is 30.0 Å². The van der Waals surface area contributed by atoms with Gasteiger partial charge in [-0.2, -0.15) is 0 Å². The topological polar surface area (TPSA) is 27.1 Å². The third kappa shape index (κ3) is 2.89. The van der Waals surface area contributed by atoms with Crippen molar-refractivity contribution in [3.05, 3.63) is 53.2 Å². The Bertz CT molecular complexity index is 580. The lowest BCUT2D eigenvalue weighted by Gasteiger charge is -2.11. The molecule has 0 atom stereocenters. The van der Waals surface area contributed by atoms with Crippen LogP contribution in [0, 0.1) is 0 Å². The Morgan fingerprint density at radius 1 is 1.50 bits per heavy atom. The first-order valence-electron chi connectivity index (χ1n) is 5.39. The maximum absolute atomic E-state index is 6.18. The number of halogens is 1. The summed E-state index contributed by atoms with van der Waals surface area (Å²) in [5.74, 6) is 0.512.